The fourth-order valence-electron chi connectivity index (χ4n) is 3.25. The van der Waals surface area contributed by atoms with Crippen molar-refractivity contribution in [2.45, 2.75) is 57.6 Å². The van der Waals surface area contributed by atoms with Crippen molar-refractivity contribution >= 4 is 36.5 Å². The van der Waals surface area contributed by atoms with Crippen LogP contribution in [-0.4, -0.2) is 35.0 Å². The van der Waals surface area contributed by atoms with Gasteiger partial charge in [-0.15, -0.1) is 0 Å². The van der Waals surface area contributed by atoms with E-state index in [-0.39, 0.29) is 11.6 Å². The topological polar surface area (TPSA) is 83.1 Å². The Balaban J connectivity index is 1.94. The third-order valence-electron chi connectivity index (χ3n) is 4.35. The molecule has 1 unspecified atom stereocenters. The van der Waals surface area contributed by atoms with Gasteiger partial charge in [0.05, 0.1) is 13.2 Å². The summed E-state index contributed by atoms with van der Waals surface area (Å²) in [6.07, 6.45) is 0.195. The summed E-state index contributed by atoms with van der Waals surface area (Å²) < 4.78 is 19.7. The summed E-state index contributed by atoms with van der Waals surface area (Å²) in [5.74, 6) is 0.713. The molecule has 2 aliphatic rings. The van der Waals surface area contributed by atoms with E-state index in [4.69, 9.17) is 25.6 Å². The van der Waals surface area contributed by atoms with Gasteiger partial charge in [0.15, 0.2) is 0 Å². The fourth-order valence-corrected chi connectivity index (χ4v) is 8.14. The molecule has 156 valence electrons. The lowest BCUT2D eigenvalue weighted by molar-refractivity contribution is -0.251. The predicted molar refractivity (Wildman–Crippen MR) is 111 cm³/mol. The van der Waals surface area contributed by atoms with Crippen molar-refractivity contribution in [1.29, 1.82) is 0 Å². The van der Waals surface area contributed by atoms with Crippen molar-refractivity contribution in [3.8, 4) is 5.75 Å². The van der Waals surface area contributed by atoms with Crippen LogP contribution in [0.5, 0.6) is 5.75 Å². The molecule has 1 amide bonds. The normalized spacial score (nSPS) is 21.2. The number of carbonyl (C=O) groups excluding carboxylic acids is 1. The van der Waals surface area contributed by atoms with Crippen molar-refractivity contribution in [3.05, 3.63) is 29.3 Å². The molecule has 28 heavy (non-hydrogen) atoms. The van der Waals surface area contributed by atoms with E-state index in [0.717, 1.165) is 24.0 Å². The molecule has 0 spiro atoms. The predicted octanol–water partition coefficient (Wildman–Crippen LogP) is 3.35. The second-order valence-electron chi connectivity index (χ2n) is 7.68. The van der Waals surface area contributed by atoms with Crippen molar-refractivity contribution in [2.75, 3.05) is 13.2 Å². The van der Waals surface area contributed by atoms with Crippen LogP contribution in [0.2, 0.25) is 0 Å². The number of hydrogen-bond acceptors (Lipinski definition) is 7. The van der Waals surface area contributed by atoms with Gasteiger partial charge in [0, 0.05) is 18.0 Å². The molecule has 1 aromatic rings. The molecule has 0 aromatic heterocycles. The number of nitrogens with zero attached hydrogens (tertiary/aromatic N) is 1. The van der Waals surface area contributed by atoms with E-state index in [1.807, 2.05) is 50.0 Å². The Morgan fingerprint density at radius 1 is 1.36 bits per heavy atom. The van der Waals surface area contributed by atoms with Crippen molar-refractivity contribution in [3.63, 3.8) is 0 Å². The van der Waals surface area contributed by atoms with Crippen molar-refractivity contribution in [1.82, 2.24) is 9.39 Å². The second kappa shape index (κ2) is 8.50. The average Bonchev–Trinajstić information content (AvgIpc) is 2.92. The van der Waals surface area contributed by atoms with E-state index in [9.17, 15) is 9.90 Å². The van der Waals surface area contributed by atoms with Gasteiger partial charge in [-0.05, 0) is 63.4 Å². The third kappa shape index (κ3) is 4.83. The van der Waals surface area contributed by atoms with E-state index in [0.29, 0.717) is 19.0 Å². The minimum absolute atomic E-state index is 0.0193. The zero-order valence-corrected chi connectivity index (χ0v) is 19.0. The molecule has 1 saturated heterocycles. The highest BCUT2D eigenvalue weighted by molar-refractivity contribution is 8.15. The van der Waals surface area contributed by atoms with E-state index >= 15 is 0 Å². The Kier molecular flexibility index (Phi) is 6.64. The summed E-state index contributed by atoms with van der Waals surface area (Å²) in [7, 11) is 0. The first-order chi connectivity index (χ1) is 13.1. The highest BCUT2D eigenvalue weighted by atomic mass is 32.5. The molecule has 2 heterocycles. The number of carbonyl (C=O) groups is 1. The maximum absolute atomic E-state index is 11.4. The zero-order valence-electron chi connectivity index (χ0n) is 16.5. The Morgan fingerprint density at radius 2 is 2.04 bits per heavy atom. The monoisotopic (exact) mass is 445 g/mol. The maximum atomic E-state index is 11.4. The number of ether oxygens (including phenoxy) is 1. The molecule has 0 saturated carbocycles. The molecule has 1 atom stereocenters. The highest BCUT2D eigenvalue weighted by Gasteiger charge is 2.38. The molecule has 0 radical (unpaired) electrons. The standard InChI is InChI=1S/C18H27N2O5PS2/c1-12(2)20(26(27)23-9-6-10-24-26)28-16(19-17(21)22)14-8-5-7-13-11-18(3,4)25-15(13)14/h5,7-8,12,16,19H,6,9-11H2,1-4H3,(H,21,22)/p-1. The van der Waals surface area contributed by atoms with Gasteiger partial charge in [-0.1, -0.05) is 18.2 Å². The summed E-state index contributed by atoms with van der Waals surface area (Å²) in [5.41, 5.74) is 1.45. The van der Waals surface area contributed by atoms with Crippen LogP contribution in [0.1, 0.15) is 50.6 Å². The molecule has 0 aliphatic carbocycles. The summed E-state index contributed by atoms with van der Waals surface area (Å²) in [4.78, 5) is 11.4. The van der Waals surface area contributed by atoms with Gasteiger partial charge in [0.2, 0.25) is 0 Å². The molecule has 2 aliphatic heterocycles. The second-order valence-corrected chi connectivity index (χ2v) is 12.3. The molecule has 7 nitrogen and oxygen atoms in total. The van der Waals surface area contributed by atoms with Crippen LogP contribution in [0.15, 0.2) is 18.2 Å². The summed E-state index contributed by atoms with van der Waals surface area (Å²) in [6, 6.07) is 5.76. The fraction of sp³-hybridized carbons (Fsp3) is 0.611. The van der Waals surface area contributed by atoms with Gasteiger partial charge in [-0.2, -0.15) is 4.08 Å². The SMILES string of the molecule is CC(C)N(SC(NC(=O)[O-])c1cccc2c1OC(C)(C)C2)P1(=S)OCCCO1. The number of hydrogen-bond donors (Lipinski definition) is 1. The van der Waals surface area contributed by atoms with E-state index in [1.165, 1.54) is 11.9 Å². The average molecular weight is 446 g/mol. The van der Waals surface area contributed by atoms with Crippen LogP contribution in [0.3, 0.4) is 0 Å². The van der Waals surface area contributed by atoms with Gasteiger partial charge in [-0.3, -0.25) is 0 Å². The lowest BCUT2D eigenvalue weighted by Crippen LogP contribution is -2.40. The maximum Gasteiger partial charge on any atom is 0.274 e. The number of amides is 1. The van der Waals surface area contributed by atoms with Crippen LogP contribution in [0, 0.1) is 0 Å². The Bertz CT molecular complexity index is 779. The lowest BCUT2D eigenvalue weighted by Gasteiger charge is -2.39. The minimum atomic E-state index is -2.71. The molecule has 1 N–H and O–H groups in total. The van der Waals surface area contributed by atoms with E-state index < -0.39 is 18.1 Å². The van der Waals surface area contributed by atoms with Crippen molar-refractivity contribution < 1.29 is 23.7 Å². The van der Waals surface area contributed by atoms with Crippen LogP contribution in [0.25, 0.3) is 0 Å². The Hall–Kier alpha value is -0.830. The number of benzene rings is 1. The van der Waals surface area contributed by atoms with Gasteiger partial charge in [0.25, 0.3) is 6.64 Å². The quantitative estimate of drug-likeness (QED) is 0.406. The van der Waals surface area contributed by atoms with Crippen molar-refractivity contribution in [2.24, 2.45) is 0 Å². The third-order valence-corrected chi connectivity index (χ3v) is 9.93. The van der Waals surface area contributed by atoms with Gasteiger partial charge in [-0.25, -0.2) is 0 Å². The smallest absolute Gasteiger partial charge is 0.274 e. The van der Waals surface area contributed by atoms with Crippen LogP contribution in [-0.2, 0) is 27.3 Å². The largest absolute Gasteiger partial charge is 0.530 e. The summed E-state index contributed by atoms with van der Waals surface area (Å²) in [5, 5.41) is 13.3. The van der Waals surface area contributed by atoms with E-state index in [1.54, 1.807) is 0 Å². The number of para-hydroxylation sites is 1. The highest BCUT2D eigenvalue weighted by Crippen LogP contribution is 2.61. The molecule has 10 heteroatoms. The first-order valence-corrected chi connectivity index (χ1v) is 12.7. The Morgan fingerprint density at radius 3 is 2.64 bits per heavy atom. The molecular formula is C18H26N2O5PS2-. The van der Waals surface area contributed by atoms with Crippen LogP contribution in [0.4, 0.5) is 4.79 Å². The first-order valence-electron chi connectivity index (χ1n) is 9.25. The molecular weight excluding hydrogens is 419 g/mol. The molecule has 1 fully saturated rings. The Labute approximate surface area is 175 Å². The number of nitrogens with one attached hydrogen (secondary N) is 1. The first kappa shape index (κ1) is 21.9. The van der Waals surface area contributed by atoms with E-state index in [2.05, 4.69) is 5.32 Å². The van der Waals surface area contributed by atoms with Gasteiger partial charge in [0.1, 0.15) is 22.8 Å². The number of rotatable bonds is 6. The summed E-state index contributed by atoms with van der Waals surface area (Å²) >= 11 is 6.99. The van der Waals surface area contributed by atoms with Crippen LogP contribution >= 0.6 is 18.6 Å². The summed E-state index contributed by atoms with van der Waals surface area (Å²) in [6.45, 7) is 6.36. The molecule has 3 rings (SSSR count). The lowest BCUT2D eigenvalue weighted by atomic mass is 10.0. The molecule has 1 aromatic carbocycles. The number of fused-ring (bicyclic) bond motifs is 1. The number of carboxylic acid groups (broad SMARTS) is 1. The molecule has 0 bridgehead atoms. The van der Waals surface area contributed by atoms with Gasteiger partial charge < -0.3 is 29.0 Å². The minimum Gasteiger partial charge on any atom is -0.530 e. The van der Waals surface area contributed by atoms with Gasteiger partial charge >= 0.3 is 0 Å². The van der Waals surface area contributed by atoms with Crippen LogP contribution < -0.4 is 15.2 Å². The zero-order chi connectivity index (χ0) is 20.5.